The molecule has 0 bridgehead atoms. The average molecular weight is 465 g/mol. The van der Waals surface area contributed by atoms with Crippen molar-refractivity contribution in [2.24, 2.45) is 0 Å². The normalized spacial score (nSPS) is 12.2. The van der Waals surface area contributed by atoms with E-state index < -0.39 is 11.6 Å². The Balaban J connectivity index is 2.07. The van der Waals surface area contributed by atoms with Gasteiger partial charge in [0.15, 0.2) is 0 Å². The maximum Gasteiger partial charge on any atom is 0.242 e. The van der Waals surface area contributed by atoms with Gasteiger partial charge in [0.05, 0.1) is 6.61 Å². The lowest BCUT2D eigenvalue weighted by Crippen LogP contribution is -2.52. The van der Waals surface area contributed by atoms with Gasteiger partial charge in [-0.1, -0.05) is 47.5 Å². The molecule has 1 atom stereocenters. The fraction of sp³-hybridized carbons (Fsp3) is 0.417. The number of hydrogen-bond donors (Lipinski definition) is 1. The number of nitrogens with one attached hydrogen (secondary N) is 1. The van der Waals surface area contributed by atoms with Crippen molar-refractivity contribution < 1.29 is 14.3 Å². The Hall–Kier alpha value is -2.24. The van der Waals surface area contributed by atoms with Gasteiger partial charge in [0, 0.05) is 28.5 Å². The number of benzene rings is 2. The Morgan fingerprint density at radius 3 is 2.39 bits per heavy atom. The van der Waals surface area contributed by atoms with Gasteiger partial charge in [0.2, 0.25) is 11.8 Å². The van der Waals surface area contributed by atoms with E-state index in [1.165, 1.54) is 0 Å². The quantitative estimate of drug-likeness (QED) is 0.499. The number of carbonyl (C=O) groups is 2. The third-order valence-electron chi connectivity index (χ3n) is 4.57. The van der Waals surface area contributed by atoms with E-state index in [-0.39, 0.29) is 24.8 Å². The van der Waals surface area contributed by atoms with Crippen molar-refractivity contribution in [3.63, 3.8) is 0 Å². The zero-order chi connectivity index (χ0) is 23.0. The molecule has 2 rings (SSSR count). The van der Waals surface area contributed by atoms with E-state index in [0.29, 0.717) is 23.1 Å². The Kier molecular flexibility index (Phi) is 9.20. The molecule has 1 N–H and O–H groups in total. The molecular weight excluding hydrogens is 435 g/mol. The van der Waals surface area contributed by atoms with Crippen molar-refractivity contribution >= 4 is 35.0 Å². The van der Waals surface area contributed by atoms with E-state index in [1.807, 2.05) is 51.1 Å². The van der Waals surface area contributed by atoms with Crippen molar-refractivity contribution in [2.75, 3.05) is 6.61 Å². The van der Waals surface area contributed by atoms with Crippen LogP contribution in [0.2, 0.25) is 10.0 Å². The molecule has 1 unspecified atom stereocenters. The molecule has 0 saturated carbocycles. The molecule has 2 aromatic rings. The predicted octanol–water partition coefficient (Wildman–Crippen LogP) is 5.48. The minimum absolute atomic E-state index is 0.140. The van der Waals surface area contributed by atoms with E-state index in [0.717, 1.165) is 11.3 Å². The molecular formula is C24H30Cl2N2O3. The standard InChI is InChI=1S/C24H30Cl2N2O3/c1-17(23(30)27-24(2,3)4)28(16-18-12-13-19(25)15-21(18)26)22(29)11-8-14-31-20-9-6-5-7-10-20/h5-7,9-10,12-13,15,17H,8,11,14,16H2,1-4H3,(H,27,30). The molecule has 0 aliphatic carbocycles. The second-order valence-corrected chi connectivity index (χ2v) is 9.28. The van der Waals surface area contributed by atoms with Gasteiger partial charge >= 0.3 is 0 Å². The molecule has 0 heterocycles. The first kappa shape index (κ1) is 25.0. The van der Waals surface area contributed by atoms with E-state index in [9.17, 15) is 9.59 Å². The van der Waals surface area contributed by atoms with Crippen molar-refractivity contribution in [3.8, 4) is 5.75 Å². The lowest BCUT2D eigenvalue weighted by molar-refractivity contribution is -0.141. The highest BCUT2D eigenvalue weighted by Crippen LogP contribution is 2.24. The van der Waals surface area contributed by atoms with Gasteiger partial charge in [-0.3, -0.25) is 9.59 Å². The topological polar surface area (TPSA) is 58.6 Å². The minimum Gasteiger partial charge on any atom is -0.494 e. The van der Waals surface area contributed by atoms with Crippen LogP contribution >= 0.6 is 23.2 Å². The summed E-state index contributed by atoms with van der Waals surface area (Å²) in [6, 6.07) is 13.9. The first-order valence-corrected chi connectivity index (χ1v) is 11.1. The van der Waals surface area contributed by atoms with Crippen molar-refractivity contribution in [1.29, 1.82) is 0 Å². The highest BCUT2D eigenvalue weighted by molar-refractivity contribution is 6.35. The third-order valence-corrected chi connectivity index (χ3v) is 5.16. The molecule has 0 spiro atoms. The van der Waals surface area contributed by atoms with Crippen LogP contribution in [-0.2, 0) is 16.1 Å². The van der Waals surface area contributed by atoms with Gasteiger partial charge in [-0.25, -0.2) is 0 Å². The van der Waals surface area contributed by atoms with Crippen molar-refractivity contribution in [1.82, 2.24) is 10.2 Å². The number of para-hydroxylation sites is 1. The fourth-order valence-corrected chi connectivity index (χ4v) is 3.43. The number of amides is 2. The van der Waals surface area contributed by atoms with E-state index in [2.05, 4.69) is 5.32 Å². The molecule has 0 radical (unpaired) electrons. The van der Waals surface area contributed by atoms with Crippen LogP contribution in [0.25, 0.3) is 0 Å². The molecule has 0 aromatic heterocycles. The van der Waals surface area contributed by atoms with Gasteiger partial charge in [-0.2, -0.15) is 0 Å². The molecule has 31 heavy (non-hydrogen) atoms. The monoisotopic (exact) mass is 464 g/mol. The number of ether oxygens (including phenoxy) is 1. The second-order valence-electron chi connectivity index (χ2n) is 8.44. The summed E-state index contributed by atoms with van der Waals surface area (Å²) in [5.41, 5.74) is 0.331. The summed E-state index contributed by atoms with van der Waals surface area (Å²) in [4.78, 5) is 27.4. The summed E-state index contributed by atoms with van der Waals surface area (Å²) >= 11 is 12.3. The predicted molar refractivity (Wildman–Crippen MR) is 126 cm³/mol. The van der Waals surface area contributed by atoms with E-state index in [1.54, 1.807) is 30.0 Å². The van der Waals surface area contributed by atoms with E-state index in [4.69, 9.17) is 27.9 Å². The van der Waals surface area contributed by atoms with Crippen LogP contribution in [0.1, 0.15) is 46.1 Å². The molecule has 7 heteroatoms. The number of nitrogens with zero attached hydrogens (tertiary/aromatic N) is 1. The van der Waals surface area contributed by atoms with E-state index >= 15 is 0 Å². The second kappa shape index (κ2) is 11.4. The number of halogens is 2. The average Bonchev–Trinajstić information content (AvgIpc) is 2.69. The number of carbonyl (C=O) groups excluding carboxylic acids is 2. The van der Waals surface area contributed by atoms with Crippen molar-refractivity contribution in [3.05, 3.63) is 64.1 Å². The Labute approximate surface area is 194 Å². The molecule has 0 aliphatic rings. The Bertz CT molecular complexity index is 882. The number of hydrogen-bond acceptors (Lipinski definition) is 3. The van der Waals surface area contributed by atoms with Crippen LogP contribution in [-0.4, -0.2) is 34.9 Å². The molecule has 168 valence electrons. The summed E-state index contributed by atoms with van der Waals surface area (Å²) in [7, 11) is 0. The zero-order valence-electron chi connectivity index (χ0n) is 18.5. The molecule has 0 fully saturated rings. The smallest absolute Gasteiger partial charge is 0.242 e. The van der Waals surface area contributed by atoms with Crippen molar-refractivity contribution in [2.45, 2.75) is 58.7 Å². The molecule has 0 aliphatic heterocycles. The summed E-state index contributed by atoms with van der Waals surface area (Å²) < 4.78 is 5.67. The van der Waals surface area contributed by atoms with Crippen LogP contribution in [0.3, 0.4) is 0 Å². The zero-order valence-corrected chi connectivity index (χ0v) is 20.0. The van der Waals surface area contributed by atoms with Gasteiger partial charge in [0.25, 0.3) is 0 Å². The lowest BCUT2D eigenvalue weighted by Gasteiger charge is -2.31. The maximum atomic E-state index is 13.1. The van der Waals surface area contributed by atoms with Gasteiger partial charge < -0.3 is 15.0 Å². The van der Waals surface area contributed by atoms with Gasteiger partial charge in [-0.15, -0.1) is 0 Å². The lowest BCUT2D eigenvalue weighted by atomic mass is 10.1. The third kappa shape index (κ3) is 8.42. The van der Waals surface area contributed by atoms with Crippen LogP contribution in [0, 0.1) is 0 Å². The molecule has 5 nitrogen and oxygen atoms in total. The highest BCUT2D eigenvalue weighted by atomic mass is 35.5. The molecule has 2 aromatic carbocycles. The van der Waals surface area contributed by atoms with Crippen LogP contribution < -0.4 is 10.1 Å². The Morgan fingerprint density at radius 1 is 1.10 bits per heavy atom. The Morgan fingerprint density at radius 2 is 1.77 bits per heavy atom. The van der Waals surface area contributed by atoms with Crippen LogP contribution in [0.4, 0.5) is 0 Å². The SMILES string of the molecule is CC(C(=O)NC(C)(C)C)N(Cc1ccc(Cl)cc1Cl)C(=O)CCCOc1ccccc1. The summed E-state index contributed by atoms with van der Waals surface area (Å²) in [5.74, 6) is 0.406. The van der Waals surface area contributed by atoms with Crippen LogP contribution in [0.15, 0.2) is 48.5 Å². The minimum atomic E-state index is -0.659. The highest BCUT2D eigenvalue weighted by Gasteiger charge is 2.28. The maximum absolute atomic E-state index is 13.1. The molecule has 0 saturated heterocycles. The first-order valence-electron chi connectivity index (χ1n) is 10.3. The summed E-state index contributed by atoms with van der Waals surface area (Å²) in [5, 5.41) is 3.92. The first-order chi connectivity index (χ1) is 14.6. The van der Waals surface area contributed by atoms with Gasteiger partial charge in [-0.05, 0) is 63.9 Å². The van der Waals surface area contributed by atoms with Crippen LogP contribution in [0.5, 0.6) is 5.75 Å². The number of rotatable bonds is 9. The largest absolute Gasteiger partial charge is 0.494 e. The molecule has 2 amide bonds. The summed E-state index contributed by atoms with van der Waals surface area (Å²) in [6.07, 6.45) is 0.789. The summed E-state index contributed by atoms with van der Waals surface area (Å²) in [6.45, 7) is 8.06. The van der Waals surface area contributed by atoms with Gasteiger partial charge in [0.1, 0.15) is 11.8 Å². The fourth-order valence-electron chi connectivity index (χ4n) is 2.96.